The largest absolute Gasteiger partial charge is 0.494 e. The van der Waals surface area contributed by atoms with Gasteiger partial charge in [0.05, 0.1) is 6.54 Å². The van der Waals surface area contributed by atoms with E-state index in [1.165, 1.54) is 6.07 Å². The van der Waals surface area contributed by atoms with E-state index in [0.29, 0.717) is 22.3 Å². The second-order valence-electron chi connectivity index (χ2n) is 4.41. The third-order valence-electron chi connectivity index (χ3n) is 3.12. The Labute approximate surface area is 114 Å². The molecule has 0 aliphatic heterocycles. The molecular weight excluding hydrogens is 265 g/mol. The van der Waals surface area contributed by atoms with Crippen molar-refractivity contribution in [3.05, 3.63) is 65.1 Å². The number of nitrogens with zero attached hydrogens (tertiary/aromatic N) is 1. The lowest BCUT2D eigenvalue weighted by Crippen LogP contribution is -1.96. The van der Waals surface area contributed by atoms with Crippen molar-refractivity contribution in [3.8, 4) is 5.88 Å². The van der Waals surface area contributed by atoms with E-state index in [-0.39, 0.29) is 11.7 Å². The lowest BCUT2D eigenvalue weighted by Gasteiger charge is -2.05. The Balaban J connectivity index is 2.03. The van der Waals surface area contributed by atoms with E-state index in [1.807, 2.05) is 12.1 Å². The molecule has 0 unspecified atom stereocenters. The Bertz CT molecular complexity index is 734. The zero-order chi connectivity index (χ0) is 13.4. The Morgan fingerprint density at radius 1 is 1.05 bits per heavy atom. The maximum absolute atomic E-state index is 13.6. The first-order chi connectivity index (χ1) is 9.15. The molecule has 0 amide bonds. The number of fused-ring (bicyclic) bond motifs is 1. The fraction of sp³-hybridized carbons (Fsp3) is 0.0667. The van der Waals surface area contributed by atoms with Crippen LogP contribution in [-0.4, -0.2) is 9.67 Å². The maximum atomic E-state index is 13.6. The molecule has 0 bridgehead atoms. The molecule has 2 aromatic carbocycles. The number of hydrogen-bond donors (Lipinski definition) is 1. The van der Waals surface area contributed by atoms with Gasteiger partial charge in [-0.25, -0.2) is 4.39 Å². The van der Waals surface area contributed by atoms with Crippen molar-refractivity contribution in [2.24, 2.45) is 0 Å². The van der Waals surface area contributed by atoms with Crippen molar-refractivity contribution in [2.75, 3.05) is 0 Å². The van der Waals surface area contributed by atoms with Gasteiger partial charge in [0, 0.05) is 22.0 Å². The molecule has 1 aromatic heterocycles. The minimum Gasteiger partial charge on any atom is -0.494 e. The van der Waals surface area contributed by atoms with Gasteiger partial charge in [0.2, 0.25) is 0 Å². The normalized spacial score (nSPS) is 11.1. The smallest absolute Gasteiger partial charge is 0.199 e. The van der Waals surface area contributed by atoms with Gasteiger partial charge in [-0.1, -0.05) is 29.8 Å². The fourth-order valence-electron chi connectivity index (χ4n) is 2.14. The van der Waals surface area contributed by atoms with Gasteiger partial charge in [-0.15, -0.1) is 0 Å². The predicted octanol–water partition coefficient (Wildman–Crippen LogP) is 4.19. The predicted molar refractivity (Wildman–Crippen MR) is 74.1 cm³/mol. The fourth-order valence-corrected chi connectivity index (χ4v) is 2.27. The van der Waals surface area contributed by atoms with Crippen LogP contribution in [0.3, 0.4) is 0 Å². The van der Waals surface area contributed by atoms with Gasteiger partial charge in [0.15, 0.2) is 5.88 Å². The van der Waals surface area contributed by atoms with Crippen LogP contribution in [0, 0.1) is 5.82 Å². The molecule has 3 rings (SSSR count). The van der Waals surface area contributed by atoms with E-state index in [4.69, 9.17) is 11.6 Å². The molecule has 0 aliphatic carbocycles. The molecule has 3 aromatic rings. The molecule has 0 atom stereocenters. The van der Waals surface area contributed by atoms with Crippen molar-refractivity contribution in [1.29, 1.82) is 0 Å². The summed E-state index contributed by atoms with van der Waals surface area (Å²) in [6.07, 6.45) is 1.62. The highest BCUT2D eigenvalue weighted by molar-refractivity contribution is 6.30. The number of aromatic nitrogens is 1. The first-order valence-corrected chi connectivity index (χ1v) is 6.24. The van der Waals surface area contributed by atoms with Gasteiger partial charge in [-0.3, -0.25) is 0 Å². The number of hydrogen-bond acceptors (Lipinski definition) is 1. The van der Waals surface area contributed by atoms with Gasteiger partial charge in [0.1, 0.15) is 5.82 Å². The molecule has 1 N–H and O–H groups in total. The van der Waals surface area contributed by atoms with Crippen LogP contribution in [0.4, 0.5) is 4.39 Å². The SMILES string of the molecule is Oc1c2cccc(F)c2cn1Cc1ccc(Cl)cc1. The third kappa shape index (κ3) is 2.17. The summed E-state index contributed by atoms with van der Waals surface area (Å²) in [7, 11) is 0. The highest BCUT2D eigenvalue weighted by Crippen LogP contribution is 2.29. The van der Waals surface area contributed by atoms with Gasteiger partial charge < -0.3 is 9.67 Å². The molecule has 0 aliphatic rings. The average molecular weight is 276 g/mol. The molecule has 2 nitrogen and oxygen atoms in total. The van der Waals surface area contributed by atoms with Crippen LogP contribution in [0.5, 0.6) is 5.88 Å². The molecule has 4 heteroatoms. The van der Waals surface area contributed by atoms with E-state index in [0.717, 1.165) is 5.56 Å². The summed E-state index contributed by atoms with van der Waals surface area (Å²) < 4.78 is 15.3. The van der Waals surface area contributed by atoms with Crippen LogP contribution in [0.25, 0.3) is 10.8 Å². The minimum absolute atomic E-state index is 0.0736. The Morgan fingerprint density at radius 3 is 2.47 bits per heavy atom. The standard InChI is InChI=1S/C15H11ClFNO/c16-11-6-4-10(5-7-11)8-18-9-13-12(15(18)19)2-1-3-14(13)17/h1-7,9,19H,8H2. The quantitative estimate of drug-likeness (QED) is 0.745. The van der Waals surface area contributed by atoms with Crippen molar-refractivity contribution >= 4 is 22.4 Å². The van der Waals surface area contributed by atoms with Gasteiger partial charge in [0.25, 0.3) is 0 Å². The van der Waals surface area contributed by atoms with Crippen LogP contribution in [0.15, 0.2) is 48.7 Å². The van der Waals surface area contributed by atoms with Gasteiger partial charge in [-0.05, 0) is 29.8 Å². The first-order valence-electron chi connectivity index (χ1n) is 5.86. The van der Waals surface area contributed by atoms with Gasteiger partial charge >= 0.3 is 0 Å². The van der Waals surface area contributed by atoms with Gasteiger partial charge in [-0.2, -0.15) is 0 Å². The number of halogens is 2. The molecule has 1 heterocycles. The first kappa shape index (κ1) is 12.1. The Hall–Kier alpha value is -2.00. The third-order valence-corrected chi connectivity index (χ3v) is 3.37. The molecule has 0 radical (unpaired) electrons. The number of rotatable bonds is 2. The highest BCUT2D eigenvalue weighted by atomic mass is 35.5. The molecule has 0 saturated heterocycles. The topological polar surface area (TPSA) is 25.2 Å². The average Bonchev–Trinajstić information content (AvgIpc) is 2.72. The summed E-state index contributed by atoms with van der Waals surface area (Å²) in [5.41, 5.74) is 0.986. The molecule has 0 fully saturated rings. The number of benzene rings is 2. The molecule has 96 valence electrons. The van der Waals surface area contributed by atoms with E-state index in [2.05, 4.69) is 0 Å². The summed E-state index contributed by atoms with van der Waals surface area (Å²) in [5.74, 6) is -0.257. The van der Waals surface area contributed by atoms with Crippen LogP contribution < -0.4 is 0 Å². The molecule has 19 heavy (non-hydrogen) atoms. The summed E-state index contributed by atoms with van der Waals surface area (Å²) in [6, 6.07) is 12.0. The molecule has 0 spiro atoms. The minimum atomic E-state index is -0.331. The monoisotopic (exact) mass is 275 g/mol. The second-order valence-corrected chi connectivity index (χ2v) is 4.84. The van der Waals surface area contributed by atoms with Crippen molar-refractivity contribution in [3.63, 3.8) is 0 Å². The summed E-state index contributed by atoms with van der Waals surface area (Å²) in [6.45, 7) is 0.469. The van der Waals surface area contributed by atoms with Crippen LogP contribution in [0.2, 0.25) is 5.02 Å². The highest BCUT2D eigenvalue weighted by Gasteiger charge is 2.11. The summed E-state index contributed by atoms with van der Waals surface area (Å²) in [5, 5.41) is 11.7. The Kier molecular flexibility index (Phi) is 2.91. The summed E-state index contributed by atoms with van der Waals surface area (Å²) in [4.78, 5) is 0. The van der Waals surface area contributed by atoms with E-state index >= 15 is 0 Å². The van der Waals surface area contributed by atoms with Crippen molar-refractivity contribution in [2.45, 2.75) is 6.54 Å². The molecule has 0 saturated carbocycles. The zero-order valence-electron chi connectivity index (χ0n) is 9.98. The van der Waals surface area contributed by atoms with Crippen LogP contribution >= 0.6 is 11.6 Å². The number of aromatic hydroxyl groups is 1. The van der Waals surface area contributed by atoms with E-state index < -0.39 is 0 Å². The lowest BCUT2D eigenvalue weighted by atomic mass is 10.2. The Morgan fingerprint density at radius 2 is 1.79 bits per heavy atom. The van der Waals surface area contributed by atoms with Crippen LogP contribution in [0.1, 0.15) is 5.56 Å². The second kappa shape index (κ2) is 4.59. The van der Waals surface area contributed by atoms with Crippen molar-refractivity contribution < 1.29 is 9.50 Å². The zero-order valence-corrected chi connectivity index (χ0v) is 10.7. The molecular formula is C15H11ClFNO. The van der Waals surface area contributed by atoms with E-state index in [9.17, 15) is 9.50 Å². The maximum Gasteiger partial charge on any atom is 0.199 e. The van der Waals surface area contributed by atoms with Crippen LogP contribution in [-0.2, 0) is 6.54 Å². The lowest BCUT2D eigenvalue weighted by molar-refractivity contribution is 0.430. The van der Waals surface area contributed by atoms with Crippen molar-refractivity contribution in [1.82, 2.24) is 4.57 Å². The summed E-state index contributed by atoms with van der Waals surface area (Å²) >= 11 is 5.83. The van der Waals surface area contributed by atoms with E-state index in [1.54, 1.807) is 35.0 Å².